The first kappa shape index (κ1) is 15.7. The molecule has 1 aromatic rings. The molecular weight excluding hydrogens is 270 g/mol. The normalized spacial score (nSPS) is 18.7. The van der Waals surface area contributed by atoms with Gasteiger partial charge in [0.15, 0.2) is 0 Å². The second-order valence-corrected chi connectivity index (χ2v) is 5.64. The molecule has 1 unspecified atom stereocenters. The average molecular weight is 293 g/mol. The molecule has 0 amide bonds. The van der Waals surface area contributed by atoms with E-state index in [0.717, 1.165) is 31.7 Å². The van der Waals surface area contributed by atoms with Crippen LogP contribution in [0.25, 0.3) is 0 Å². The molecule has 1 heterocycles. The Labute approximate surface area is 125 Å². The Morgan fingerprint density at radius 3 is 2.95 bits per heavy atom. The third kappa shape index (κ3) is 4.41. The predicted molar refractivity (Wildman–Crippen MR) is 82.5 cm³/mol. The van der Waals surface area contributed by atoms with Crippen LogP contribution >= 0.6 is 0 Å². The van der Waals surface area contributed by atoms with Gasteiger partial charge in [-0.25, -0.2) is 0 Å². The summed E-state index contributed by atoms with van der Waals surface area (Å²) in [7, 11) is 3.74. The van der Waals surface area contributed by atoms with Crippen LogP contribution in [-0.4, -0.2) is 43.7 Å². The molecule has 6 heteroatoms. The first-order valence-electron chi connectivity index (χ1n) is 7.31. The van der Waals surface area contributed by atoms with E-state index in [2.05, 4.69) is 10.2 Å². The number of nitrogens with one attached hydrogen (secondary N) is 1. The molecule has 0 bridgehead atoms. The summed E-state index contributed by atoms with van der Waals surface area (Å²) in [6.07, 6.45) is 2.32. The summed E-state index contributed by atoms with van der Waals surface area (Å²) < 4.78 is 5.49. The van der Waals surface area contributed by atoms with Crippen LogP contribution in [0, 0.1) is 16.0 Å². The summed E-state index contributed by atoms with van der Waals surface area (Å²) in [5.74, 6) is 0.565. The molecule has 21 heavy (non-hydrogen) atoms. The fourth-order valence-corrected chi connectivity index (χ4v) is 2.81. The van der Waals surface area contributed by atoms with Crippen molar-refractivity contribution in [2.75, 3.05) is 39.2 Å². The average Bonchev–Trinajstić information content (AvgIpc) is 2.48. The smallest absolute Gasteiger partial charge is 0.292 e. The quantitative estimate of drug-likeness (QED) is 0.644. The Morgan fingerprint density at radius 1 is 1.52 bits per heavy atom. The fourth-order valence-electron chi connectivity index (χ4n) is 2.81. The van der Waals surface area contributed by atoms with Crippen LogP contribution in [0.15, 0.2) is 18.2 Å². The number of hydrogen-bond acceptors (Lipinski definition) is 5. The van der Waals surface area contributed by atoms with Gasteiger partial charge in [0.1, 0.15) is 5.69 Å². The van der Waals surface area contributed by atoms with E-state index < -0.39 is 0 Å². The highest BCUT2D eigenvalue weighted by atomic mass is 16.6. The molecule has 2 rings (SSSR count). The third-order valence-electron chi connectivity index (χ3n) is 3.81. The zero-order chi connectivity index (χ0) is 15.2. The van der Waals surface area contributed by atoms with Gasteiger partial charge < -0.3 is 15.0 Å². The van der Waals surface area contributed by atoms with Crippen molar-refractivity contribution in [1.82, 2.24) is 4.90 Å². The van der Waals surface area contributed by atoms with Crippen LogP contribution in [0.5, 0.6) is 0 Å². The van der Waals surface area contributed by atoms with Crippen LogP contribution in [0.2, 0.25) is 0 Å². The molecule has 0 radical (unpaired) electrons. The van der Waals surface area contributed by atoms with Crippen LogP contribution < -0.4 is 5.32 Å². The minimum absolute atomic E-state index is 0.129. The van der Waals surface area contributed by atoms with Gasteiger partial charge in [0, 0.05) is 32.8 Å². The lowest BCUT2D eigenvalue weighted by molar-refractivity contribution is -0.384. The van der Waals surface area contributed by atoms with Gasteiger partial charge in [-0.1, -0.05) is 6.07 Å². The van der Waals surface area contributed by atoms with Gasteiger partial charge in [0.2, 0.25) is 0 Å². The van der Waals surface area contributed by atoms with E-state index in [-0.39, 0.29) is 10.6 Å². The molecule has 1 aliphatic rings. The zero-order valence-corrected chi connectivity index (χ0v) is 12.7. The molecule has 0 saturated carbocycles. The highest BCUT2D eigenvalue weighted by molar-refractivity contribution is 5.62. The molecular formula is C15H23N3O3. The van der Waals surface area contributed by atoms with E-state index >= 15 is 0 Å². The van der Waals surface area contributed by atoms with Crippen LogP contribution in [0.3, 0.4) is 0 Å². The third-order valence-corrected chi connectivity index (χ3v) is 3.81. The van der Waals surface area contributed by atoms with Crippen LogP contribution in [0.1, 0.15) is 18.4 Å². The maximum absolute atomic E-state index is 11.1. The minimum Gasteiger partial charge on any atom is -0.383 e. The highest BCUT2D eigenvalue weighted by Gasteiger charge is 2.17. The number of hydrogen-bond donors (Lipinski definition) is 1. The van der Waals surface area contributed by atoms with Crippen molar-refractivity contribution in [3.8, 4) is 0 Å². The monoisotopic (exact) mass is 293 g/mol. The number of ether oxygens (including phenoxy) is 1. The van der Waals surface area contributed by atoms with Crippen molar-refractivity contribution in [2.45, 2.75) is 19.4 Å². The number of nitrogens with zero attached hydrogens (tertiary/aromatic N) is 2. The van der Waals surface area contributed by atoms with E-state index in [1.165, 1.54) is 6.42 Å². The number of benzene rings is 1. The Kier molecular flexibility index (Phi) is 5.52. The van der Waals surface area contributed by atoms with Gasteiger partial charge in [-0.2, -0.15) is 0 Å². The Morgan fingerprint density at radius 2 is 2.33 bits per heavy atom. The van der Waals surface area contributed by atoms with Gasteiger partial charge in [0.25, 0.3) is 5.69 Å². The van der Waals surface area contributed by atoms with Crippen molar-refractivity contribution in [2.24, 2.45) is 5.92 Å². The number of nitro benzene ring substituents is 1. The Bertz CT molecular complexity index is 487. The number of anilines is 1. The molecule has 0 spiro atoms. The summed E-state index contributed by atoms with van der Waals surface area (Å²) in [5.41, 5.74) is 1.64. The van der Waals surface area contributed by atoms with Crippen molar-refractivity contribution in [1.29, 1.82) is 0 Å². The van der Waals surface area contributed by atoms with Crippen molar-refractivity contribution >= 4 is 11.4 Å². The molecule has 0 aliphatic carbocycles. The van der Waals surface area contributed by atoms with E-state index in [1.807, 2.05) is 13.1 Å². The summed E-state index contributed by atoms with van der Waals surface area (Å²) in [4.78, 5) is 12.9. The van der Waals surface area contributed by atoms with Crippen molar-refractivity contribution < 1.29 is 9.66 Å². The second-order valence-electron chi connectivity index (χ2n) is 5.64. The summed E-state index contributed by atoms with van der Waals surface area (Å²) >= 11 is 0. The molecule has 6 nitrogen and oxygen atoms in total. The van der Waals surface area contributed by atoms with E-state index in [1.54, 1.807) is 19.2 Å². The highest BCUT2D eigenvalue weighted by Crippen LogP contribution is 2.25. The predicted octanol–water partition coefficient (Wildman–Crippen LogP) is 2.49. The van der Waals surface area contributed by atoms with Gasteiger partial charge in [-0.3, -0.25) is 10.1 Å². The number of nitro groups is 1. The zero-order valence-electron chi connectivity index (χ0n) is 12.7. The standard InChI is InChI=1S/C15H23N3O3/c1-16-14-6-5-12(8-15(14)18(19)20)9-17(2)10-13-4-3-7-21-11-13/h5-6,8,13,16H,3-4,7,9-11H2,1-2H3. The number of rotatable bonds is 6. The lowest BCUT2D eigenvalue weighted by Gasteiger charge is -2.27. The summed E-state index contributed by atoms with van der Waals surface area (Å²) in [6, 6.07) is 5.36. The minimum atomic E-state index is -0.343. The fraction of sp³-hybridized carbons (Fsp3) is 0.600. The molecule has 1 atom stereocenters. The molecule has 1 aromatic carbocycles. The lowest BCUT2D eigenvalue weighted by atomic mass is 10.0. The van der Waals surface area contributed by atoms with Crippen LogP contribution in [-0.2, 0) is 11.3 Å². The van der Waals surface area contributed by atoms with Gasteiger partial charge >= 0.3 is 0 Å². The van der Waals surface area contributed by atoms with E-state index in [4.69, 9.17) is 4.74 Å². The van der Waals surface area contributed by atoms with E-state index in [0.29, 0.717) is 18.2 Å². The first-order chi connectivity index (χ1) is 10.1. The Balaban J connectivity index is 1.98. The molecule has 1 fully saturated rings. The summed E-state index contributed by atoms with van der Waals surface area (Å²) in [6.45, 7) is 3.37. The summed E-state index contributed by atoms with van der Waals surface area (Å²) in [5, 5.41) is 13.9. The maximum Gasteiger partial charge on any atom is 0.292 e. The topological polar surface area (TPSA) is 67.6 Å². The van der Waals surface area contributed by atoms with Crippen molar-refractivity contribution in [3.05, 3.63) is 33.9 Å². The maximum atomic E-state index is 11.1. The first-order valence-corrected chi connectivity index (χ1v) is 7.31. The van der Waals surface area contributed by atoms with Gasteiger partial charge in [-0.15, -0.1) is 0 Å². The van der Waals surface area contributed by atoms with E-state index in [9.17, 15) is 10.1 Å². The van der Waals surface area contributed by atoms with Crippen LogP contribution in [0.4, 0.5) is 11.4 Å². The van der Waals surface area contributed by atoms with Crippen molar-refractivity contribution in [3.63, 3.8) is 0 Å². The molecule has 0 aromatic heterocycles. The Hall–Kier alpha value is -1.66. The largest absolute Gasteiger partial charge is 0.383 e. The molecule has 1 N–H and O–H groups in total. The molecule has 1 saturated heterocycles. The second kappa shape index (κ2) is 7.38. The van der Waals surface area contributed by atoms with Gasteiger partial charge in [0.05, 0.1) is 11.5 Å². The SMILES string of the molecule is CNc1ccc(CN(C)CC2CCCOC2)cc1[N+](=O)[O-]. The molecule has 116 valence electrons. The molecule has 1 aliphatic heterocycles. The lowest BCUT2D eigenvalue weighted by Crippen LogP contribution is -2.30. The van der Waals surface area contributed by atoms with Gasteiger partial charge in [-0.05, 0) is 37.4 Å².